The van der Waals surface area contributed by atoms with E-state index in [9.17, 15) is 10.1 Å². The van der Waals surface area contributed by atoms with Crippen molar-refractivity contribution in [2.45, 2.75) is 18.9 Å². The van der Waals surface area contributed by atoms with Gasteiger partial charge in [-0.1, -0.05) is 6.07 Å². The summed E-state index contributed by atoms with van der Waals surface area (Å²) in [5, 5.41) is 19.2. The van der Waals surface area contributed by atoms with Crippen LogP contribution < -0.4 is 10.5 Å². The minimum atomic E-state index is -0.944. The summed E-state index contributed by atoms with van der Waals surface area (Å²) in [6.45, 7) is 1.84. The summed E-state index contributed by atoms with van der Waals surface area (Å²) in [5.74, 6) is 0.396. The quantitative estimate of drug-likeness (QED) is 0.616. The van der Waals surface area contributed by atoms with Gasteiger partial charge < -0.3 is 10.5 Å². The fraction of sp³-hybridized carbons (Fsp3) is 0.364. The van der Waals surface area contributed by atoms with E-state index in [0.29, 0.717) is 12.2 Å². The summed E-state index contributed by atoms with van der Waals surface area (Å²) in [6.07, 6.45) is 0.353. The van der Waals surface area contributed by atoms with Crippen molar-refractivity contribution in [2.75, 3.05) is 6.61 Å². The van der Waals surface area contributed by atoms with E-state index >= 15 is 0 Å². The lowest BCUT2D eigenvalue weighted by Gasteiger charge is -2.15. The van der Waals surface area contributed by atoms with Gasteiger partial charge in [-0.05, 0) is 13.0 Å². The van der Waals surface area contributed by atoms with Crippen molar-refractivity contribution in [2.24, 2.45) is 5.73 Å². The molecule has 6 heteroatoms. The zero-order valence-corrected chi connectivity index (χ0v) is 9.42. The molecule has 0 aliphatic heterocycles. The van der Waals surface area contributed by atoms with Gasteiger partial charge in [0, 0.05) is 12.5 Å². The molecule has 0 saturated carbocycles. The fourth-order valence-corrected chi connectivity index (χ4v) is 1.12. The van der Waals surface area contributed by atoms with Crippen molar-refractivity contribution < 1.29 is 9.66 Å². The largest absolute Gasteiger partial charge is 0.493 e. The molecular formula is C11H13N3O3. The number of nitrogens with two attached hydrogens (primary N) is 1. The van der Waals surface area contributed by atoms with Crippen LogP contribution in [0.2, 0.25) is 0 Å². The van der Waals surface area contributed by atoms with Gasteiger partial charge in [0.05, 0.1) is 23.7 Å². The first-order valence-electron chi connectivity index (χ1n) is 5.02. The van der Waals surface area contributed by atoms with Crippen LogP contribution in [0.3, 0.4) is 0 Å². The van der Waals surface area contributed by atoms with Crippen molar-refractivity contribution >= 4 is 5.69 Å². The van der Waals surface area contributed by atoms with E-state index in [0.717, 1.165) is 0 Å². The lowest BCUT2D eigenvalue weighted by Crippen LogP contribution is -2.35. The summed E-state index contributed by atoms with van der Waals surface area (Å²) in [5.41, 5.74) is 4.64. The smallest absolute Gasteiger partial charge is 0.273 e. The topological polar surface area (TPSA) is 102 Å². The standard InChI is InChI=1S/C11H13N3O3/c1-11(13,8-12)5-6-17-10-4-2-3-9(7-10)14(15)16/h2-4,7H,5-6,13H2,1H3. The number of hydrogen-bond acceptors (Lipinski definition) is 5. The Morgan fingerprint density at radius 2 is 2.35 bits per heavy atom. The molecule has 0 bridgehead atoms. The molecule has 1 unspecified atom stereocenters. The number of non-ortho nitro benzene ring substituents is 1. The molecule has 17 heavy (non-hydrogen) atoms. The summed E-state index contributed by atoms with van der Waals surface area (Å²) in [7, 11) is 0. The van der Waals surface area contributed by atoms with E-state index < -0.39 is 10.5 Å². The lowest BCUT2D eigenvalue weighted by molar-refractivity contribution is -0.384. The minimum Gasteiger partial charge on any atom is -0.493 e. The molecule has 1 atom stereocenters. The number of rotatable bonds is 5. The van der Waals surface area contributed by atoms with Crippen LogP contribution in [0, 0.1) is 21.4 Å². The molecule has 0 saturated heterocycles. The summed E-state index contributed by atoms with van der Waals surface area (Å²) in [6, 6.07) is 7.82. The van der Waals surface area contributed by atoms with Crippen molar-refractivity contribution in [1.82, 2.24) is 0 Å². The van der Waals surface area contributed by atoms with Crippen LogP contribution in [-0.2, 0) is 0 Å². The normalized spacial score (nSPS) is 13.5. The van der Waals surface area contributed by atoms with E-state index in [1.54, 1.807) is 19.1 Å². The van der Waals surface area contributed by atoms with Crippen LogP contribution in [0.15, 0.2) is 24.3 Å². The molecule has 6 nitrogen and oxygen atoms in total. The molecule has 0 aliphatic carbocycles. The molecular weight excluding hydrogens is 222 g/mol. The average molecular weight is 235 g/mol. The van der Waals surface area contributed by atoms with Crippen molar-refractivity contribution in [3.05, 3.63) is 34.4 Å². The Morgan fingerprint density at radius 1 is 1.65 bits per heavy atom. The predicted molar refractivity (Wildman–Crippen MR) is 61.4 cm³/mol. The maximum atomic E-state index is 10.5. The van der Waals surface area contributed by atoms with Crippen LogP contribution in [0.4, 0.5) is 5.69 Å². The molecule has 0 heterocycles. The monoisotopic (exact) mass is 235 g/mol. The maximum Gasteiger partial charge on any atom is 0.273 e. The highest BCUT2D eigenvalue weighted by Crippen LogP contribution is 2.19. The van der Waals surface area contributed by atoms with Gasteiger partial charge in [-0.2, -0.15) is 5.26 Å². The van der Waals surface area contributed by atoms with Gasteiger partial charge >= 0.3 is 0 Å². The predicted octanol–water partition coefficient (Wildman–Crippen LogP) is 1.60. The highest BCUT2D eigenvalue weighted by atomic mass is 16.6. The van der Waals surface area contributed by atoms with Crippen LogP contribution in [-0.4, -0.2) is 17.1 Å². The van der Waals surface area contributed by atoms with Gasteiger partial charge in [0.15, 0.2) is 0 Å². The number of nitro benzene ring substituents is 1. The second-order valence-electron chi connectivity index (χ2n) is 3.88. The SMILES string of the molecule is CC(N)(C#N)CCOc1cccc([N+](=O)[O-])c1. The molecule has 0 aromatic heterocycles. The van der Waals surface area contributed by atoms with E-state index in [1.807, 2.05) is 6.07 Å². The van der Waals surface area contributed by atoms with Crippen molar-refractivity contribution in [3.63, 3.8) is 0 Å². The molecule has 0 aliphatic rings. The van der Waals surface area contributed by atoms with Crippen LogP contribution in [0.5, 0.6) is 5.75 Å². The Hall–Kier alpha value is -2.13. The molecule has 1 rings (SSSR count). The average Bonchev–Trinajstić information content (AvgIpc) is 2.29. The highest BCUT2D eigenvalue weighted by molar-refractivity contribution is 5.37. The number of nitro groups is 1. The van der Waals surface area contributed by atoms with E-state index in [-0.39, 0.29) is 12.3 Å². The maximum absolute atomic E-state index is 10.5. The summed E-state index contributed by atoms with van der Waals surface area (Å²) < 4.78 is 5.30. The lowest BCUT2D eigenvalue weighted by atomic mass is 10.0. The Kier molecular flexibility index (Phi) is 4.01. The number of nitrogens with zero attached hydrogens (tertiary/aromatic N) is 2. The van der Waals surface area contributed by atoms with Gasteiger partial charge in [-0.25, -0.2) is 0 Å². The zero-order valence-electron chi connectivity index (χ0n) is 9.42. The molecule has 0 fully saturated rings. The number of hydrogen-bond donors (Lipinski definition) is 1. The molecule has 90 valence electrons. The second-order valence-corrected chi connectivity index (χ2v) is 3.88. The van der Waals surface area contributed by atoms with Crippen LogP contribution in [0.25, 0.3) is 0 Å². The molecule has 2 N–H and O–H groups in total. The molecule has 0 amide bonds. The van der Waals surface area contributed by atoms with E-state index in [1.165, 1.54) is 12.1 Å². The number of ether oxygens (including phenoxy) is 1. The first kappa shape index (κ1) is 12.9. The van der Waals surface area contributed by atoms with Crippen LogP contribution in [0.1, 0.15) is 13.3 Å². The zero-order chi connectivity index (χ0) is 12.9. The summed E-state index contributed by atoms with van der Waals surface area (Å²) in [4.78, 5) is 10.0. The Balaban J connectivity index is 2.56. The Morgan fingerprint density at radius 3 is 2.94 bits per heavy atom. The Labute approximate surface area is 98.8 Å². The van der Waals surface area contributed by atoms with Gasteiger partial charge in [-0.3, -0.25) is 10.1 Å². The van der Waals surface area contributed by atoms with Crippen molar-refractivity contribution in [1.29, 1.82) is 5.26 Å². The third-order valence-electron chi connectivity index (χ3n) is 2.17. The summed E-state index contributed by atoms with van der Waals surface area (Å²) >= 11 is 0. The number of nitriles is 1. The van der Waals surface area contributed by atoms with Gasteiger partial charge in [0.1, 0.15) is 11.3 Å². The third kappa shape index (κ3) is 4.09. The molecule has 1 aromatic carbocycles. The Bertz CT molecular complexity index is 452. The molecule has 0 spiro atoms. The number of benzene rings is 1. The molecule has 1 aromatic rings. The van der Waals surface area contributed by atoms with Gasteiger partial charge in [-0.15, -0.1) is 0 Å². The second kappa shape index (κ2) is 5.27. The minimum absolute atomic E-state index is 0.0294. The molecule has 0 radical (unpaired) electrons. The first-order chi connectivity index (χ1) is 7.94. The third-order valence-corrected chi connectivity index (χ3v) is 2.17. The fourth-order valence-electron chi connectivity index (χ4n) is 1.12. The van der Waals surface area contributed by atoms with Crippen molar-refractivity contribution in [3.8, 4) is 11.8 Å². The van der Waals surface area contributed by atoms with Gasteiger partial charge in [0.25, 0.3) is 5.69 Å². The van der Waals surface area contributed by atoms with Gasteiger partial charge in [0.2, 0.25) is 0 Å². The van der Waals surface area contributed by atoms with E-state index in [2.05, 4.69) is 0 Å². The first-order valence-corrected chi connectivity index (χ1v) is 5.02. The van der Waals surface area contributed by atoms with Crippen LogP contribution >= 0.6 is 0 Å². The van der Waals surface area contributed by atoms with E-state index in [4.69, 9.17) is 15.7 Å². The highest BCUT2D eigenvalue weighted by Gasteiger charge is 2.17.